The van der Waals surface area contributed by atoms with Crippen LogP contribution in [0.5, 0.6) is 0 Å². The fraction of sp³-hybridized carbons (Fsp3) is 0.852. The standard InChI is InChI=1S/C54H90O/c1-5-7-9-11-15-21-45-23-27-49(28-24-45)53(35-17-13-18-36-53)51(3)39-31-47(32-40-51)43-55-44-48-33-41-52(4,42-34-48)54(37-19-14-20-38-54)50-29-25-46(26-30-50)22-16-12-10-8-6-2/h31-34,39-42,45-50H,5-30,35-38,43-44H2,1-4H3/t45-,46-,47-,48-,49-,50-,51-,52-. The van der Waals surface area contributed by atoms with Gasteiger partial charge in [0, 0.05) is 22.7 Å². The number of allylic oxidation sites excluding steroid dienone is 4. The summed E-state index contributed by atoms with van der Waals surface area (Å²) in [7, 11) is 0. The van der Waals surface area contributed by atoms with E-state index in [1.165, 1.54) is 193 Å². The Morgan fingerprint density at radius 2 is 0.782 bits per heavy atom. The third-order valence-corrected chi connectivity index (χ3v) is 17.7. The van der Waals surface area contributed by atoms with Gasteiger partial charge in [0.1, 0.15) is 0 Å². The Morgan fingerprint density at radius 1 is 0.436 bits per heavy atom. The van der Waals surface area contributed by atoms with Gasteiger partial charge in [0.15, 0.2) is 0 Å². The van der Waals surface area contributed by atoms with Crippen molar-refractivity contribution in [3.05, 3.63) is 48.6 Å². The molecular weight excluding hydrogens is 665 g/mol. The molecule has 0 amide bonds. The van der Waals surface area contributed by atoms with Crippen molar-refractivity contribution in [1.82, 2.24) is 0 Å². The van der Waals surface area contributed by atoms with E-state index >= 15 is 0 Å². The average Bonchev–Trinajstić information content (AvgIpc) is 3.23. The van der Waals surface area contributed by atoms with Gasteiger partial charge in [-0.2, -0.15) is 0 Å². The number of rotatable bonds is 20. The van der Waals surface area contributed by atoms with Crippen molar-refractivity contribution in [2.45, 2.75) is 220 Å². The van der Waals surface area contributed by atoms with Crippen LogP contribution >= 0.6 is 0 Å². The molecule has 312 valence electrons. The van der Waals surface area contributed by atoms with E-state index in [0.29, 0.717) is 22.7 Å². The van der Waals surface area contributed by atoms with Gasteiger partial charge in [-0.05, 0) is 85.9 Å². The summed E-state index contributed by atoms with van der Waals surface area (Å²) in [6.07, 6.45) is 64.5. The fourth-order valence-electron chi connectivity index (χ4n) is 14.0. The molecule has 1 heteroatoms. The summed E-state index contributed by atoms with van der Waals surface area (Å²) in [5.41, 5.74) is 1.32. The molecule has 4 saturated carbocycles. The van der Waals surface area contributed by atoms with Crippen molar-refractivity contribution >= 4 is 0 Å². The van der Waals surface area contributed by atoms with Crippen molar-refractivity contribution in [3.8, 4) is 0 Å². The van der Waals surface area contributed by atoms with Gasteiger partial charge >= 0.3 is 0 Å². The second kappa shape index (κ2) is 21.3. The Kier molecular flexibility index (Phi) is 16.8. The first-order valence-corrected chi connectivity index (χ1v) is 25.2. The average molecular weight is 755 g/mol. The summed E-state index contributed by atoms with van der Waals surface area (Å²) < 4.78 is 6.55. The molecule has 0 heterocycles. The van der Waals surface area contributed by atoms with E-state index in [4.69, 9.17) is 4.74 Å². The predicted molar refractivity (Wildman–Crippen MR) is 239 cm³/mol. The second-order valence-electron chi connectivity index (χ2n) is 21.1. The maximum Gasteiger partial charge on any atom is 0.0563 e. The van der Waals surface area contributed by atoms with Gasteiger partial charge in [0.25, 0.3) is 0 Å². The van der Waals surface area contributed by atoms with Gasteiger partial charge < -0.3 is 4.74 Å². The van der Waals surface area contributed by atoms with Gasteiger partial charge in [0.2, 0.25) is 0 Å². The predicted octanol–water partition coefficient (Wildman–Crippen LogP) is 16.7. The lowest BCUT2D eigenvalue weighted by atomic mass is 9.49. The van der Waals surface area contributed by atoms with Crippen molar-refractivity contribution in [3.63, 3.8) is 0 Å². The summed E-state index contributed by atoms with van der Waals surface area (Å²) in [6.45, 7) is 11.5. The van der Waals surface area contributed by atoms with Gasteiger partial charge in [-0.25, -0.2) is 0 Å². The van der Waals surface area contributed by atoms with Crippen LogP contribution in [0, 0.1) is 57.2 Å². The molecule has 0 unspecified atom stereocenters. The molecule has 6 aliphatic rings. The minimum absolute atomic E-state index is 0.198. The normalized spacial score (nSPS) is 35.9. The molecule has 0 radical (unpaired) electrons. The Hall–Kier alpha value is -1.08. The topological polar surface area (TPSA) is 9.23 Å². The lowest BCUT2D eigenvalue weighted by Crippen LogP contribution is -2.47. The zero-order valence-electron chi connectivity index (χ0n) is 37.1. The van der Waals surface area contributed by atoms with Crippen LogP contribution < -0.4 is 0 Å². The van der Waals surface area contributed by atoms with Crippen LogP contribution in [0.1, 0.15) is 220 Å². The van der Waals surface area contributed by atoms with Crippen molar-refractivity contribution in [1.29, 1.82) is 0 Å². The molecule has 55 heavy (non-hydrogen) atoms. The quantitative estimate of drug-likeness (QED) is 0.0888. The second-order valence-corrected chi connectivity index (χ2v) is 21.1. The molecule has 6 aliphatic carbocycles. The van der Waals surface area contributed by atoms with E-state index in [2.05, 4.69) is 76.3 Å². The smallest absolute Gasteiger partial charge is 0.0563 e. The lowest BCUT2D eigenvalue weighted by molar-refractivity contribution is -0.0161. The Balaban J connectivity index is 0.970. The molecule has 1 nitrogen and oxygen atoms in total. The van der Waals surface area contributed by atoms with Gasteiger partial charge in [-0.15, -0.1) is 0 Å². The number of hydrogen-bond donors (Lipinski definition) is 0. The lowest BCUT2D eigenvalue weighted by Gasteiger charge is -2.56. The monoisotopic (exact) mass is 755 g/mol. The molecule has 0 aromatic rings. The minimum Gasteiger partial charge on any atom is -0.380 e. The van der Waals surface area contributed by atoms with Crippen LogP contribution in [0.4, 0.5) is 0 Å². The van der Waals surface area contributed by atoms with Crippen molar-refractivity contribution in [2.75, 3.05) is 13.2 Å². The summed E-state index contributed by atoms with van der Waals surface area (Å²) in [5.74, 6) is 4.63. The zero-order valence-corrected chi connectivity index (χ0v) is 37.1. The van der Waals surface area contributed by atoms with E-state index in [0.717, 1.165) is 36.9 Å². The zero-order chi connectivity index (χ0) is 38.5. The molecule has 4 fully saturated rings. The first kappa shape index (κ1) is 43.5. The van der Waals surface area contributed by atoms with Crippen molar-refractivity contribution < 1.29 is 4.74 Å². The number of ether oxygens (including phenoxy) is 1. The molecule has 0 bridgehead atoms. The van der Waals surface area contributed by atoms with Gasteiger partial charge in [0.05, 0.1) is 13.2 Å². The third kappa shape index (κ3) is 10.8. The molecule has 0 spiro atoms. The van der Waals surface area contributed by atoms with Crippen LogP contribution in [0.3, 0.4) is 0 Å². The van der Waals surface area contributed by atoms with Crippen LogP contribution in [-0.4, -0.2) is 13.2 Å². The highest BCUT2D eigenvalue weighted by atomic mass is 16.5. The summed E-state index contributed by atoms with van der Waals surface area (Å²) >= 11 is 0. The van der Waals surface area contributed by atoms with E-state index < -0.39 is 0 Å². The SMILES string of the molecule is CCCCCCC[C@H]1CC[C@H](C2([C@]3(C)C=C[C@@H](COC[C@H]4C=C[C@](C)(C5([C@H]6CC[C@H](CCCCCCC)CC6)CCCCC5)C=C4)C=C3)CCCCC2)CC1. The summed E-state index contributed by atoms with van der Waals surface area (Å²) in [5, 5.41) is 0. The highest BCUT2D eigenvalue weighted by Crippen LogP contribution is 2.62. The third-order valence-electron chi connectivity index (χ3n) is 17.7. The van der Waals surface area contributed by atoms with Crippen LogP contribution in [0.15, 0.2) is 48.6 Å². The van der Waals surface area contributed by atoms with Crippen LogP contribution in [0.2, 0.25) is 0 Å². The first-order valence-electron chi connectivity index (χ1n) is 25.2. The molecule has 0 atom stereocenters. The van der Waals surface area contributed by atoms with E-state index in [9.17, 15) is 0 Å². The molecule has 0 saturated heterocycles. The van der Waals surface area contributed by atoms with Crippen LogP contribution in [0.25, 0.3) is 0 Å². The van der Waals surface area contributed by atoms with E-state index in [-0.39, 0.29) is 10.8 Å². The van der Waals surface area contributed by atoms with E-state index in [1.807, 2.05) is 0 Å². The minimum atomic E-state index is 0.198. The Labute approximate surface area is 342 Å². The molecule has 6 rings (SSSR count). The Bertz CT molecular complexity index is 1080. The summed E-state index contributed by atoms with van der Waals surface area (Å²) in [4.78, 5) is 0. The van der Waals surface area contributed by atoms with Gasteiger partial charge in [-0.3, -0.25) is 0 Å². The van der Waals surface area contributed by atoms with Crippen LogP contribution in [-0.2, 0) is 4.74 Å². The largest absolute Gasteiger partial charge is 0.380 e. The number of unbranched alkanes of at least 4 members (excludes halogenated alkanes) is 8. The van der Waals surface area contributed by atoms with Crippen molar-refractivity contribution in [2.24, 2.45) is 57.2 Å². The molecular formula is C54H90O. The first-order chi connectivity index (χ1) is 26.9. The maximum atomic E-state index is 6.55. The summed E-state index contributed by atoms with van der Waals surface area (Å²) in [6, 6.07) is 0. The maximum absolute atomic E-state index is 6.55. The van der Waals surface area contributed by atoms with E-state index in [1.54, 1.807) is 0 Å². The number of hydrogen-bond acceptors (Lipinski definition) is 1. The highest BCUT2D eigenvalue weighted by Gasteiger charge is 2.53. The molecule has 0 aromatic carbocycles. The Morgan fingerprint density at radius 3 is 1.13 bits per heavy atom. The highest BCUT2D eigenvalue weighted by molar-refractivity contribution is 5.27. The molecule has 0 N–H and O–H groups in total. The van der Waals surface area contributed by atoms with Gasteiger partial charge in [-0.1, -0.05) is 218 Å². The molecule has 0 aromatic heterocycles. The fourth-order valence-corrected chi connectivity index (χ4v) is 14.0. The molecule has 0 aliphatic heterocycles.